The molecule has 0 N–H and O–H groups in total. The molecule has 0 aliphatic rings. The van der Waals surface area contributed by atoms with Crippen molar-refractivity contribution in [2.75, 3.05) is 6.61 Å². The molecule has 0 unspecified atom stereocenters. The third-order valence-corrected chi connectivity index (χ3v) is 4.99. The number of esters is 1. The van der Waals surface area contributed by atoms with E-state index in [0.29, 0.717) is 6.42 Å². The molecule has 0 saturated carbocycles. The number of ether oxygens (including phenoxy) is 1. The predicted molar refractivity (Wildman–Crippen MR) is 81.5 cm³/mol. The molecule has 1 aromatic rings. The van der Waals surface area contributed by atoms with Crippen LogP contribution in [0.1, 0.15) is 37.6 Å². The fourth-order valence-corrected chi connectivity index (χ4v) is 3.48. The summed E-state index contributed by atoms with van der Waals surface area (Å²) in [5, 5.41) is 0. The van der Waals surface area contributed by atoms with E-state index in [1.165, 1.54) is 0 Å². The van der Waals surface area contributed by atoms with E-state index < -0.39 is 25.7 Å². The van der Waals surface area contributed by atoms with Crippen molar-refractivity contribution in [2.24, 2.45) is 5.41 Å². The number of carbonyl (C=O) groups is 1. The van der Waals surface area contributed by atoms with Gasteiger partial charge in [-0.3, -0.25) is 0 Å². The minimum Gasteiger partial charge on any atom is -0.462 e. The van der Waals surface area contributed by atoms with Crippen LogP contribution >= 0.6 is 26.6 Å². The Labute approximate surface area is 136 Å². The van der Waals surface area contributed by atoms with Crippen LogP contribution in [0.4, 0.5) is 4.39 Å². The van der Waals surface area contributed by atoms with E-state index in [1.54, 1.807) is 0 Å². The van der Waals surface area contributed by atoms with Crippen LogP contribution in [0, 0.1) is 11.2 Å². The smallest absolute Gasteiger partial charge is 0.338 e. The highest BCUT2D eigenvalue weighted by Crippen LogP contribution is 2.29. The Kier molecular flexibility index (Phi) is 5.80. The second-order valence-corrected chi connectivity index (χ2v) is 8.98. The van der Waals surface area contributed by atoms with Crippen molar-refractivity contribution >= 4 is 41.6 Å². The number of benzene rings is 1. The van der Waals surface area contributed by atoms with Gasteiger partial charge in [-0.05, 0) is 39.9 Å². The third kappa shape index (κ3) is 5.56. The van der Waals surface area contributed by atoms with Crippen LogP contribution in [-0.2, 0) is 13.8 Å². The summed E-state index contributed by atoms with van der Waals surface area (Å²) in [5.41, 5.74) is -0.223. The minimum absolute atomic E-state index is 0.0180. The van der Waals surface area contributed by atoms with Crippen molar-refractivity contribution in [1.82, 2.24) is 0 Å². The second kappa shape index (κ2) is 6.62. The van der Waals surface area contributed by atoms with E-state index in [-0.39, 0.29) is 22.1 Å². The first-order valence-corrected chi connectivity index (χ1v) is 9.13. The molecule has 0 aromatic heterocycles. The van der Waals surface area contributed by atoms with E-state index in [9.17, 15) is 17.6 Å². The minimum atomic E-state index is -4.18. The van der Waals surface area contributed by atoms with Gasteiger partial charge in [-0.2, -0.15) is 0 Å². The SMILES string of the molecule is CC(C)(C)CCOC(=O)c1cc(F)c(Br)c(S(=O)(=O)Cl)c1. The zero-order valence-electron chi connectivity index (χ0n) is 11.7. The highest BCUT2D eigenvalue weighted by molar-refractivity contribution is 9.10. The second-order valence-electron chi connectivity index (χ2n) is 5.65. The lowest BCUT2D eigenvalue weighted by Crippen LogP contribution is -2.14. The highest BCUT2D eigenvalue weighted by Gasteiger charge is 2.22. The third-order valence-electron chi connectivity index (χ3n) is 2.58. The van der Waals surface area contributed by atoms with Crippen LogP contribution in [0.5, 0.6) is 0 Å². The Balaban J connectivity index is 2.99. The maximum absolute atomic E-state index is 13.7. The number of hydrogen-bond acceptors (Lipinski definition) is 4. The largest absolute Gasteiger partial charge is 0.462 e. The monoisotopic (exact) mass is 400 g/mol. The van der Waals surface area contributed by atoms with Gasteiger partial charge in [-0.1, -0.05) is 20.8 Å². The maximum Gasteiger partial charge on any atom is 0.338 e. The summed E-state index contributed by atoms with van der Waals surface area (Å²) in [7, 11) is 1.02. The first-order chi connectivity index (χ1) is 9.42. The van der Waals surface area contributed by atoms with Gasteiger partial charge in [0.25, 0.3) is 9.05 Å². The van der Waals surface area contributed by atoms with Gasteiger partial charge in [0.1, 0.15) is 10.7 Å². The molecule has 0 aliphatic carbocycles. The van der Waals surface area contributed by atoms with Crippen molar-refractivity contribution in [3.05, 3.63) is 28.0 Å². The van der Waals surface area contributed by atoms with Crippen molar-refractivity contribution in [3.8, 4) is 0 Å². The Morgan fingerprint density at radius 2 is 1.95 bits per heavy atom. The standard InChI is InChI=1S/C13H15BrClFO4S/c1-13(2,3)4-5-20-12(17)8-6-9(16)11(14)10(7-8)21(15,18)19/h6-7H,4-5H2,1-3H3. The summed E-state index contributed by atoms with van der Waals surface area (Å²) >= 11 is 2.79. The van der Waals surface area contributed by atoms with Crippen LogP contribution in [0.3, 0.4) is 0 Å². The number of rotatable bonds is 4. The summed E-state index contributed by atoms with van der Waals surface area (Å²) < 4.78 is 41.0. The molecule has 0 bridgehead atoms. The lowest BCUT2D eigenvalue weighted by atomic mass is 9.93. The molecule has 0 atom stereocenters. The van der Waals surface area contributed by atoms with Gasteiger partial charge in [-0.15, -0.1) is 0 Å². The van der Waals surface area contributed by atoms with Crippen LogP contribution < -0.4 is 0 Å². The van der Waals surface area contributed by atoms with E-state index in [0.717, 1.165) is 12.1 Å². The summed E-state index contributed by atoms with van der Waals surface area (Å²) in [5.74, 6) is -1.70. The lowest BCUT2D eigenvalue weighted by molar-refractivity contribution is 0.0464. The molecule has 118 valence electrons. The molecule has 0 saturated heterocycles. The zero-order valence-corrected chi connectivity index (χ0v) is 14.9. The molecule has 8 heteroatoms. The van der Waals surface area contributed by atoms with E-state index in [1.807, 2.05) is 20.8 Å². The maximum atomic E-state index is 13.7. The van der Waals surface area contributed by atoms with Gasteiger partial charge in [-0.25, -0.2) is 17.6 Å². The molecule has 0 aliphatic heterocycles. The van der Waals surface area contributed by atoms with Gasteiger partial charge in [0.05, 0.1) is 16.6 Å². The molecule has 0 radical (unpaired) electrons. The summed E-state index contributed by atoms with van der Waals surface area (Å²) in [4.78, 5) is 11.3. The number of halogens is 3. The predicted octanol–water partition coefficient (Wildman–Crippen LogP) is 4.11. The van der Waals surface area contributed by atoms with Crippen molar-refractivity contribution < 1.29 is 22.3 Å². The lowest BCUT2D eigenvalue weighted by Gasteiger charge is -2.17. The first kappa shape index (κ1) is 18.4. The Hall–Kier alpha value is -0.660. The number of hydrogen-bond donors (Lipinski definition) is 0. The summed E-state index contributed by atoms with van der Waals surface area (Å²) in [6.07, 6.45) is 0.623. The normalized spacial score (nSPS) is 12.3. The van der Waals surface area contributed by atoms with Gasteiger partial charge in [0.2, 0.25) is 0 Å². The van der Waals surface area contributed by atoms with E-state index in [4.69, 9.17) is 15.4 Å². The van der Waals surface area contributed by atoms with Gasteiger partial charge in [0.15, 0.2) is 0 Å². The highest BCUT2D eigenvalue weighted by atomic mass is 79.9. The molecular formula is C13H15BrClFO4S. The molecule has 0 amide bonds. The van der Waals surface area contributed by atoms with Crippen molar-refractivity contribution in [2.45, 2.75) is 32.1 Å². The summed E-state index contributed by atoms with van der Waals surface area (Å²) in [6.45, 7) is 6.11. The Morgan fingerprint density at radius 3 is 2.43 bits per heavy atom. The average Bonchev–Trinajstić information content (AvgIpc) is 2.29. The van der Waals surface area contributed by atoms with Crippen LogP contribution in [-0.4, -0.2) is 21.0 Å². The molecule has 1 rings (SSSR count). The number of carbonyl (C=O) groups excluding carboxylic acids is 1. The molecule has 0 fully saturated rings. The fourth-order valence-electron chi connectivity index (χ4n) is 1.39. The average molecular weight is 402 g/mol. The first-order valence-electron chi connectivity index (χ1n) is 6.02. The quantitative estimate of drug-likeness (QED) is 0.563. The Bertz CT molecular complexity index is 653. The summed E-state index contributed by atoms with van der Waals surface area (Å²) in [6, 6.07) is 1.88. The van der Waals surface area contributed by atoms with Crippen molar-refractivity contribution in [3.63, 3.8) is 0 Å². The zero-order chi connectivity index (χ0) is 16.4. The molecule has 0 spiro atoms. The van der Waals surface area contributed by atoms with Crippen LogP contribution in [0.15, 0.2) is 21.5 Å². The van der Waals surface area contributed by atoms with Gasteiger partial charge < -0.3 is 4.74 Å². The molecular weight excluding hydrogens is 387 g/mol. The van der Waals surface area contributed by atoms with Crippen LogP contribution in [0.25, 0.3) is 0 Å². The fraction of sp³-hybridized carbons (Fsp3) is 0.462. The molecule has 4 nitrogen and oxygen atoms in total. The van der Waals surface area contributed by atoms with Gasteiger partial charge in [0, 0.05) is 10.7 Å². The van der Waals surface area contributed by atoms with Crippen LogP contribution in [0.2, 0.25) is 0 Å². The van der Waals surface area contributed by atoms with Gasteiger partial charge >= 0.3 is 5.97 Å². The topological polar surface area (TPSA) is 60.4 Å². The Morgan fingerprint density at radius 1 is 1.38 bits per heavy atom. The van der Waals surface area contributed by atoms with Crippen molar-refractivity contribution in [1.29, 1.82) is 0 Å². The van der Waals surface area contributed by atoms with E-state index >= 15 is 0 Å². The molecule has 1 aromatic carbocycles. The van der Waals surface area contributed by atoms with E-state index in [2.05, 4.69) is 15.9 Å². The molecule has 21 heavy (non-hydrogen) atoms. The molecule has 0 heterocycles.